The minimum absolute atomic E-state index is 0.250. The molecular formula is C23H17N3O2. The van der Waals surface area contributed by atoms with E-state index in [4.69, 9.17) is 9.15 Å². The first kappa shape index (κ1) is 17.5. The molecule has 2 aromatic heterocycles. The molecule has 136 valence electrons. The lowest BCUT2D eigenvalue weighted by molar-refractivity contribution is 0.302. The van der Waals surface area contributed by atoms with E-state index in [2.05, 4.69) is 16.0 Å². The van der Waals surface area contributed by atoms with Gasteiger partial charge < -0.3 is 9.15 Å². The molecule has 0 aliphatic heterocycles. The Hall–Kier alpha value is -3.91. The Balaban J connectivity index is 1.67. The number of benzene rings is 2. The van der Waals surface area contributed by atoms with Gasteiger partial charge in [0.05, 0.1) is 6.20 Å². The third-order valence-electron chi connectivity index (χ3n) is 4.41. The van der Waals surface area contributed by atoms with Crippen molar-refractivity contribution < 1.29 is 9.15 Å². The average molecular weight is 367 g/mol. The first-order valence-electron chi connectivity index (χ1n) is 8.84. The first-order valence-corrected chi connectivity index (χ1v) is 8.84. The molecule has 0 aliphatic carbocycles. The molecule has 2 aromatic carbocycles. The zero-order chi connectivity index (χ0) is 19.3. The molecule has 0 fully saturated rings. The molecule has 0 spiro atoms. The minimum atomic E-state index is 0.250. The van der Waals surface area contributed by atoms with Gasteiger partial charge in [-0.05, 0) is 24.6 Å². The summed E-state index contributed by atoms with van der Waals surface area (Å²) in [6.07, 6.45) is 3.29. The van der Waals surface area contributed by atoms with Gasteiger partial charge in [0.2, 0.25) is 5.89 Å². The molecule has 2 heterocycles. The molecule has 0 saturated carbocycles. The van der Waals surface area contributed by atoms with Gasteiger partial charge in [0.25, 0.3) is 0 Å². The number of rotatable bonds is 5. The van der Waals surface area contributed by atoms with Crippen LogP contribution in [0.15, 0.2) is 77.5 Å². The molecule has 4 aromatic rings. The SMILES string of the molecule is Cc1c(-c2cnc(-c3ccccc3)o2)cnc(C#N)c1OCc1ccccc1. The molecule has 0 aliphatic rings. The van der Waals surface area contributed by atoms with Crippen molar-refractivity contribution in [2.24, 2.45) is 0 Å². The number of ether oxygens (including phenoxy) is 1. The van der Waals surface area contributed by atoms with E-state index in [-0.39, 0.29) is 5.69 Å². The van der Waals surface area contributed by atoms with E-state index < -0.39 is 0 Å². The topological polar surface area (TPSA) is 71.9 Å². The zero-order valence-electron chi connectivity index (χ0n) is 15.3. The molecule has 0 saturated heterocycles. The lowest BCUT2D eigenvalue weighted by Crippen LogP contribution is -2.02. The van der Waals surface area contributed by atoms with Gasteiger partial charge in [0, 0.05) is 22.9 Å². The molecule has 4 rings (SSSR count). The third-order valence-corrected chi connectivity index (χ3v) is 4.41. The van der Waals surface area contributed by atoms with E-state index in [1.165, 1.54) is 0 Å². The predicted octanol–water partition coefficient (Wildman–Crippen LogP) is 5.16. The number of hydrogen-bond donors (Lipinski definition) is 0. The number of nitriles is 1. The van der Waals surface area contributed by atoms with Crippen molar-refractivity contribution in [3.05, 3.63) is 89.9 Å². The van der Waals surface area contributed by atoms with Crippen LogP contribution >= 0.6 is 0 Å². The summed E-state index contributed by atoms with van der Waals surface area (Å²) in [5, 5.41) is 9.43. The van der Waals surface area contributed by atoms with Gasteiger partial charge in [-0.1, -0.05) is 48.5 Å². The van der Waals surface area contributed by atoms with Gasteiger partial charge in [-0.15, -0.1) is 0 Å². The van der Waals surface area contributed by atoms with Crippen LogP contribution in [-0.2, 0) is 6.61 Å². The molecule has 0 atom stereocenters. The van der Waals surface area contributed by atoms with Crippen LogP contribution in [-0.4, -0.2) is 9.97 Å². The van der Waals surface area contributed by atoms with Crippen LogP contribution in [0.5, 0.6) is 5.75 Å². The molecule has 28 heavy (non-hydrogen) atoms. The van der Waals surface area contributed by atoms with Crippen molar-refractivity contribution in [3.63, 3.8) is 0 Å². The summed E-state index contributed by atoms with van der Waals surface area (Å²) in [5.41, 5.74) is 3.70. The van der Waals surface area contributed by atoms with Crippen LogP contribution in [0.2, 0.25) is 0 Å². The highest BCUT2D eigenvalue weighted by molar-refractivity contribution is 5.67. The summed E-state index contributed by atoms with van der Waals surface area (Å²) in [6.45, 7) is 2.25. The second-order valence-corrected chi connectivity index (χ2v) is 6.26. The molecule has 5 heteroatoms. The maximum absolute atomic E-state index is 9.43. The van der Waals surface area contributed by atoms with Gasteiger partial charge >= 0.3 is 0 Å². The second-order valence-electron chi connectivity index (χ2n) is 6.26. The summed E-state index contributed by atoms with van der Waals surface area (Å²) >= 11 is 0. The largest absolute Gasteiger partial charge is 0.486 e. The Bertz CT molecular complexity index is 1130. The van der Waals surface area contributed by atoms with E-state index in [0.29, 0.717) is 24.0 Å². The number of oxazole rings is 1. The molecule has 0 amide bonds. The third kappa shape index (κ3) is 3.49. The monoisotopic (exact) mass is 367 g/mol. The van der Waals surface area contributed by atoms with Crippen molar-refractivity contribution in [2.45, 2.75) is 13.5 Å². The van der Waals surface area contributed by atoms with Gasteiger partial charge in [-0.25, -0.2) is 9.97 Å². The van der Waals surface area contributed by atoms with Gasteiger partial charge in [-0.3, -0.25) is 0 Å². The van der Waals surface area contributed by atoms with Crippen molar-refractivity contribution in [1.82, 2.24) is 9.97 Å². The van der Waals surface area contributed by atoms with Crippen LogP contribution in [0.25, 0.3) is 22.8 Å². The highest BCUT2D eigenvalue weighted by atomic mass is 16.5. The van der Waals surface area contributed by atoms with Crippen molar-refractivity contribution in [2.75, 3.05) is 0 Å². The highest BCUT2D eigenvalue weighted by Crippen LogP contribution is 2.33. The van der Waals surface area contributed by atoms with Gasteiger partial charge in [0.1, 0.15) is 12.7 Å². The predicted molar refractivity (Wildman–Crippen MR) is 105 cm³/mol. The van der Waals surface area contributed by atoms with Crippen molar-refractivity contribution >= 4 is 0 Å². The standard InChI is InChI=1S/C23H17N3O2/c1-16-19(21-14-26-23(28-21)18-10-6-3-7-11-18)13-25-20(12-24)22(16)27-15-17-8-4-2-5-9-17/h2-11,13-14H,15H2,1H3. The Kier molecular flexibility index (Phi) is 4.85. The lowest BCUT2D eigenvalue weighted by atomic mass is 10.1. The highest BCUT2D eigenvalue weighted by Gasteiger charge is 2.17. The van der Waals surface area contributed by atoms with Crippen LogP contribution in [0.3, 0.4) is 0 Å². The Morgan fingerprint density at radius 1 is 0.964 bits per heavy atom. The Morgan fingerprint density at radius 2 is 1.68 bits per heavy atom. The zero-order valence-corrected chi connectivity index (χ0v) is 15.3. The molecule has 0 unspecified atom stereocenters. The van der Waals surface area contributed by atoms with Gasteiger partial charge in [0.15, 0.2) is 17.2 Å². The number of aromatic nitrogens is 2. The molecule has 0 bridgehead atoms. The van der Waals surface area contributed by atoms with Gasteiger partial charge in [-0.2, -0.15) is 5.26 Å². The Morgan fingerprint density at radius 3 is 2.39 bits per heavy atom. The first-order chi connectivity index (χ1) is 13.8. The Labute approximate surface area is 162 Å². The van der Waals surface area contributed by atoms with E-state index >= 15 is 0 Å². The fourth-order valence-electron chi connectivity index (χ4n) is 2.93. The summed E-state index contributed by atoms with van der Waals surface area (Å²) in [6, 6.07) is 21.6. The van der Waals surface area contributed by atoms with Crippen LogP contribution in [0.1, 0.15) is 16.8 Å². The second kappa shape index (κ2) is 7.77. The molecule has 0 radical (unpaired) electrons. The van der Waals surface area contributed by atoms with Crippen molar-refractivity contribution in [3.8, 4) is 34.6 Å². The quantitative estimate of drug-likeness (QED) is 0.487. The van der Waals surface area contributed by atoms with E-state index in [9.17, 15) is 5.26 Å². The fraction of sp³-hybridized carbons (Fsp3) is 0.0870. The number of hydrogen-bond acceptors (Lipinski definition) is 5. The summed E-state index contributed by atoms with van der Waals surface area (Å²) < 4.78 is 11.9. The van der Waals surface area contributed by atoms with Crippen molar-refractivity contribution in [1.29, 1.82) is 5.26 Å². The maximum atomic E-state index is 9.43. The summed E-state index contributed by atoms with van der Waals surface area (Å²) in [7, 11) is 0. The fourth-order valence-corrected chi connectivity index (χ4v) is 2.93. The normalized spacial score (nSPS) is 10.4. The molecule has 5 nitrogen and oxygen atoms in total. The van der Waals surface area contributed by atoms with E-state index in [0.717, 1.165) is 22.3 Å². The average Bonchev–Trinajstić information content (AvgIpc) is 3.24. The minimum Gasteiger partial charge on any atom is -0.486 e. The molecular weight excluding hydrogens is 350 g/mol. The summed E-state index contributed by atoms with van der Waals surface area (Å²) in [4.78, 5) is 8.62. The van der Waals surface area contributed by atoms with E-state index in [1.807, 2.05) is 67.6 Å². The van der Waals surface area contributed by atoms with E-state index in [1.54, 1.807) is 12.4 Å². The summed E-state index contributed by atoms with van der Waals surface area (Å²) in [5.74, 6) is 1.57. The lowest BCUT2D eigenvalue weighted by Gasteiger charge is -2.12. The van der Waals surface area contributed by atoms with Crippen LogP contribution < -0.4 is 4.74 Å². The smallest absolute Gasteiger partial charge is 0.226 e. The number of pyridine rings is 1. The molecule has 0 N–H and O–H groups in total. The van der Waals surface area contributed by atoms with Crippen LogP contribution in [0, 0.1) is 18.3 Å². The van der Waals surface area contributed by atoms with Crippen LogP contribution in [0.4, 0.5) is 0 Å². The maximum Gasteiger partial charge on any atom is 0.226 e. The number of nitrogens with zero attached hydrogens (tertiary/aromatic N) is 3.